The average Bonchev–Trinajstić information content (AvgIpc) is 3.27. The molecule has 0 saturated carbocycles. The molecule has 1 saturated heterocycles. The third kappa shape index (κ3) is 4.54. The van der Waals surface area contributed by atoms with Gasteiger partial charge in [-0.25, -0.2) is 9.07 Å². The number of ketones is 1. The molecule has 31 heavy (non-hydrogen) atoms. The second-order valence-electron chi connectivity index (χ2n) is 7.38. The van der Waals surface area contributed by atoms with E-state index in [2.05, 4.69) is 9.82 Å². The summed E-state index contributed by atoms with van der Waals surface area (Å²) in [6, 6.07) is 11.7. The summed E-state index contributed by atoms with van der Waals surface area (Å²) in [6.45, 7) is 0. The summed E-state index contributed by atoms with van der Waals surface area (Å²) in [5.74, 6) is -0.861. The minimum atomic E-state index is -3.87. The Kier molecular flexibility index (Phi) is 5.94. The molecule has 2 heterocycles. The zero-order chi connectivity index (χ0) is 22.2. The molecular formula is C21H20ClFN4O3S. The van der Waals surface area contributed by atoms with Gasteiger partial charge >= 0.3 is 0 Å². The number of carbonyl (C=O) groups excluding carboxylic acids is 1. The largest absolute Gasteiger partial charge is 0.298 e. The minimum absolute atomic E-state index is 0.0510. The van der Waals surface area contributed by atoms with E-state index in [4.69, 9.17) is 11.6 Å². The molecule has 0 spiro atoms. The van der Waals surface area contributed by atoms with Crippen LogP contribution in [0.15, 0.2) is 60.9 Å². The second kappa shape index (κ2) is 8.51. The van der Waals surface area contributed by atoms with Gasteiger partial charge < -0.3 is 0 Å². The van der Waals surface area contributed by atoms with Gasteiger partial charge in [-0.2, -0.15) is 22.5 Å². The van der Waals surface area contributed by atoms with Gasteiger partial charge in [0.1, 0.15) is 5.82 Å². The highest BCUT2D eigenvalue weighted by atomic mass is 35.5. The van der Waals surface area contributed by atoms with Gasteiger partial charge in [0.15, 0.2) is 5.78 Å². The van der Waals surface area contributed by atoms with Crippen molar-refractivity contribution in [3.05, 3.63) is 82.9 Å². The van der Waals surface area contributed by atoms with Crippen molar-refractivity contribution < 1.29 is 17.6 Å². The van der Waals surface area contributed by atoms with Crippen molar-refractivity contribution in [1.82, 2.24) is 18.8 Å². The molecule has 2 aromatic carbocycles. The number of likely N-dealkylation sites (N-methyl/N-ethyl adjacent to an activating group) is 1. The van der Waals surface area contributed by atoms with E-state index in [0.717, 1.165) is 15.6 Å². The Balaban J connectivity index is 1.60. The van der Waals surface area contributed by atoms with Crippen molar-refractivity contribution in [2.75, 3.05) is 7.05 Å². The normalized spacial score (nSPS) is 21.1. The van der Waals surface area contributed by atoms with Crippen molar-refractivity contribution in [3.8, 4) is 5.69 Å². The molecule has 0 amide bonds. The van der Waals surface area contributed by atoms with E-state index < -0.39 is 28.1 Å². The number of benzene rings is 2. The maximum absolute atomic E-state index is 13.4. The molecule has 4 rings (SSSR count). The van der Waals surface area contributed by atoms with E-state index in [0.29, 0.717) is 5.56 Å². The Morgan fingerprint density at radius 3 is 2.77 bits per heavy atom. The standard InChI is InChI=1S/C21H20ClFN4O3S/c1-26-20(21(28)11-14-6-7-18(23)17(22)10-14)13-19(25-31(26,29)30)15-4-2-5-16(12-15)27-9-3-8-24-27/h2-10,12,19-20,25H,11,13H2,1H3. The van der Waals surface area contributed by atoms with Crippen LogP contribution in [0.2, 0.25) is 5.02 Å². The van der Waals surface area contributed by atoms with Crippen molar-refractivity contribution in [2.24, 2.45) is 0 Å². The molecule has 3 aromatic rings. The van der Waals surface area contributed by atoms with Crippen molar-refractivity contribution in [2.45, 2.75) is 24.9 Å². The number of rotatable bonds is 5. The monoisotopic (exact) mass is 462 g/mol. The van der Waals surface area contributed by atoms with Crippen LogP contribution < -0.4 is 4.72 Å². The van der Waals surface area contributed by atoms with Crippen LogP contribution in [0.3, 0.4) is 0 Å². The van der Waals surface area contributed by atoms with Crippen LogP contribution in [0.1, 0.15) is 23.6 Å². The van der Waals surface area contributed by atoms with E-state index in [1.807, 2.05) is 24.3 Å². The molecule has 162 valence electrons. The first-order valence-corrected chi connectivity index (χ1v) is 11.4. The Morgan fingerprint density at radius 1 is 1.26 bits per heavy atom. The van der Waals surface area contributed by atoms with E-state index >= 15 is 0 Å². The Labute approximate surface area is 184 Å². The summed E-state index contributed by atoms with van der Waals surface area (Å²) in [4.78, 5) is 13.0. The molecule has 0 radical (unpaired) electrons. The smallest absolute Gasteiger partial charge is 0.280 e. The van der Waals surface area contributed by atoms with Crippen molar-refractivity contribution >= 4 is 27.6 Å². The van der Waals surface area contributed by atoms with Gasteiger partial charge in [-0.05, 0) is 47.9 Å². The predicted molar refractivity (Wildman–Crippen MR) is 115 cm³/mol. The molecule has 2 atom stereocenters. The number of carbonyl (C=O) groups is 1. The fourth-order valence-corrected chi connectivity index (χ4v) is 5.16. The first-order chi connectivity index (χ1) is 14.7. The molecule has 7 nitrogen and oxygen atoms in total. The number of Topliss-reactive ketones (excluding diaryl/α,β-unsaturated/α-hetero) is 1. The van der Waals surface area contributed by atoms with Gasteiger partial charge in [0.05, 0.1) is 16.8 Å². The number of aromatic nitrogens is 2. The molecule has 0 aliphatic carbocycles. The summed E-state index contributed by atoms with van der Waals surface area (Å²) < 4.78 is 44.2. The van der Waals surface area contributed by atoms with Crippen LogP contribution in [0.5, 0.6) is 0 Å². The lowest BCUT2D eigenvalue weighted by molar-refractivity contribution is -0.122. The maximum Gasteiger partial charge on any atom is 0.280 e. The number of hydrogen-bond donors (Lipinski definition) is 1. The highest BCUT2D eigenvalue weighted by Gasteiger charge is 2.40. The Hall–Kier alpha value is -2.59. The maximum atomic E-state index is 13.4. The van der Waals surface area contributed by atoms with Crippen LogP contribution in [0.4, 0.5) is 4.39 Å². The summed E-state index contributed by atoms with van der Waals surface area (Å²) in [5.41, 5.74) is 2.04. The molecule has 2 unspecified atom stereocenters. The summed E-state index contributed by atoms with van der Waals surface area (Å²) in [6.07, 6.45) is 3.65. The molecule has 1 N–H and O–H groups in total. The minimum Gasteiger partial charge on any atom is -0.298 e. The predicted octanol–water partition coefficient (Wildman–Crippen LogP) is 3.06. The average molecular weight is 463 g/mol. The molecule has 10 heteroatoms. The summed E-state index contributed by atoms with van der Waals surface area (Å²) in [7, 11) is -2.50. The van der Waals surface area contributed by atoms with Crippen LogP contribution in [0, 0.1) is 5.82 Å². The molecule has 1 aromatic heterocycles. The first-order valence-electron chi connectivity index (χ1n) is 9.56. The fourth-order valence-electron chi connectivity index (χ4n) is 3.66. The first kappa shape index (κ1) is 21.6. The third-order valence-electron chi connectivity index (χ3n) is 5.34. The van der Waals surface area contributed by atoms with Gasteiger partial charge in [0.2, 0.25) is 0 Å². The third-order valence-corrected chi connectivity index (χ3v) is 7.23. The highest BCUT2D eigenvalue weighted by Crippen LogP contribution is 2.30. The Morgan fingerprint density at radius 2 is 2.06 bits per heavy atom. The second-order valence-corrected chi connectivity index (χ2v) is 9.55. The lowest BCUT2D eigenvalue weighted by Crippen LogP contribution is -2.55. The SMILES string of the molecule is CN1C(C(=O)Cc2ccc(F)c(Cl)c2)CC(c2cccc(-n3cccn3)c2)NS1(=O)=O. The lowest BCUT2D eigenvalue weighted by Gasteiger charge is -2.36. The van der Waals surface area contributed by atoms with Gasteiger partial charge in [-0.15, -0.1) is 0 Å². The van der Waals surface area contributed by atoms with E-state index in [1.54, 1.807) is 23.1 Å². The number of nitrogens with zero attached hydrogens (tertiary/aromatic N) is 3. The van der Waals surface area contributed by atoms with Crippen LogP contribution in [0.25, 0.3) is 5.69 Å². The highest BCUT2D eigenvalue weighted by molar-refractivity contribution is 7.87. The van der Waals surface area contributed by atoms with Crippen molar-refractivity contribution in [3.63, 3.8) is 0 Å². The topological polar surface area (TPSA) is 84.3 Å². The summed E-state index contributed by atoms with van der Waals surface area (Å²) >= 11 is 5.81. The molecule has 1 aliphatic heterocycles. The number of nitrogens with one attached hydrogen (secondary N) is 1. The molecule has 1 fully saturated rings. The van der Waals surface area contributed by atoms with Crippen LogP contribution >= 0.6 is 11.6 Å². The zero-order valence-electron chi connectivity index (χ0n) is 16.6. The van der Waals surface area contributed by atoms with Crippen molar-refractivity contribution in [1.29, 1.82) is 0 Å². The molecular weight excluding hydrogens is 443 g/mol. The number of hydrogen-bond acceptors (Lipinski definition) is 4. The fraction of sp³-hybridized carbons (Fsp3) is 0.238. The number of halogens is 2. The van der Waals surface area contributed by atoms with Gasteiger partial charge in [-0.3, -0.25) is 4.79 Å². The molecule has 1 aliphatic rings. The Bertz CT molecular complexity index is 1220. The van der Waals surface area contributed by atoms with Crippen LogP contribution in [-0.2, 0) is 21.4 Å². The van der Waals surface area contributed by atoms with Gasteiger partial charge in [0.25, 0.3) is 10.2 Å². The quantitative estimate of drug-likeness (QED) is 0.631. The van der Waals surface area contributed by atoms with E-state index in [-0.39, 0.29) is 23.6 Å². The van der Waals surface area contributed by atoms with E-state index in [1.165, 1.54) is 25.2 Å². The van der Waals surface area contributed by atoms with E-state index in [9.17, 15) is 17.6 Å². The molecule has 0 bridgehead atoms. The van der Waals surface area contributed by atoms with Gasteiger partial charge in [0, 0.05) is 31.9 Å². The van der Waals surface area contributed by atoms with Crippen LogP contribution in [-0.4, -0.2) is 41.4 Å². The lowest BCUT2D eigenvalue weighted by atomic mass is 9.94. The van der Waals surface area contributed by atoms with Gasteiger partial charge in [-0.1, -0.05) is 29.8 Å². The summed E-state index contributed by atoms with van der Waals surface area (Å²) in [5, 5.41) is 4.12. The zero-order valence-corrected chi connectivity index (χ0v) is 18.1.